The van der Waals surface area contributed by atoms with E-state index in [1.165, 1.54) is 13.3 Å². The normalized spacial score (nSPS) is 18.6. The molecule has 0 spiro atoms. The minimum atomic E-state index is -0.496. The standard InChI is InChI=1S/C18H26N2O5/c1-12(24-14-6-7-15(19-10-14)16(21)23-5)13-8-9-20(11-13)17(22)25-18(2,3)4/h6-7,10,12-13H,8-9,11H2,1-5H3/t12?,13-/m1/s1. The molecule has 1 aliphatic heterocycles. The van der Waals surface area contributed by atoms with Crippen molar-refractivity contribution in [2.75, 3.05) is 20.2 Å². The topological polar surface area (TPSA) is 78.0 Å². The summed E-state index contributed by atoms with van der Waals surface area (Å²) in [5.41, 5.74) is -0.260. The Hall–Kier alpha value is -2.31. The molecule has 7 heteroatoms. The van der Waals surface area contributed by atoms with Crippen LogP contribution in [0.5, 0.6) is 5.75 Å². The van der Waals surface area contributed by atoms with E-state index in [2.05, 4.69) is 9.72 Å². The van der Waals surface area contributed by atoms with E-state index in [1.807, 2.05) is 27.7 Å². The van der Waals surface area contributed by atoms with Crippen molar-refractivity contribution in [1.82, 2.24) is 9.88 Å². The van der Waals surface area contributed by atoms with Gasteiger partial charge in [0.05, 0.1) is 13.3 Å². The lowest BCUT2D eigenvalue weighted by atomic mass is 10.0. The lowest BCUT2D eigenvalue weighted by Crippen LogP contribution is -2.36. The SMILES string of the molecule is COC(=O)c1ccc(OC(C)[C@@H]2CCN(C(=O)OC(C)(C)C)C2)cn1. The highest BCUT2D eigenvalue weighted by Crippen LogP contribution is 2.25. The molecular weight excluding hydrogens is 324 g/mol. The maximum atomic E-state index is 12.1. The molecule has 1 aromatic rings. The van der Waals surface area contributed by atoms with E-state index in [4.69, 9.17) is 9.47 Å². The van der Waals surface area contributed by atoms with Crippen molar-refractivity contribution >= 4 is 12.1 Å². The zero-order valence-electron chi connectivity index (χ0n) is 15.4. The number of esters is 1. The number of amides is 1. The number of carbonyl (C=O) groups excluding carboxylic acids is 2. The van der Waals surface area contributed by atoms with Gasteiger partial charge in [-0.05, 0) is 46.2 Å². The van der Waals surface area contributed by atoms with Gasteiger partial charge in [-0.2, -0.15) is 0 Å². The van der Waals surface area contributed by atoms with E-state index in [0.717, 1.165) is 6.42 Å². The van der Waals surface area contributed by atoms with Crippen molar-refractivity contribution in [3.05, 3.63) is 24.0 Å². The van der Waals surface area contributed by atoms with E-state index in [9.17, 15) is 9.59 Å². The fraction of sp³-hybridized carbons (Fsp3) is 0.611. The molecule has 0 radical (unpaired) electrons. The van der Waals surface area contributed by atoms with Crippen LogP contribution in [0, 0.1) is 5.92 Å². The fourth-order valence-corrected chi connectivity index (χ4v) is 2.65. The summed E-state index contributed by atoms with van der Waals surface area (Å²) in [7, 11) is 1.31. The molecule has 138 valence electrons. The number of aromatic nitrogens is 1. The Kier molecular flexibility index (Phi) is 5.87. The van der Waals surface area contributed by atoms with Crippen LogP contribution in [0.15, 0.2) is 18.3 Å². The van der Waals surface area contributed by atoms with Crippen LogP contribution in [-0.4, -0.2) is 53.9 Å². The minimum Gasteiger partial charge on any atom is -0.489 e. The first-order valence-electron chi connectivity index (χ1n) is 8.38. The second-order valence-corrected chi connectivity index (χ2v) is 7.17. The Bertz CT molecular complexity index is 609. The van der Waals surface area contributed by atoms with Gasteiger partial charge in [-0.1, -0.05) is 0 Å². The van der Waals surface area contributed by atoms with Gasteiger partial charge in [-0.3, -0.25) is 0 Å². The van der Waals surface area contributed by atoms with E-state index in [-0.39, 0.29) is 23.8 Å². The van der Waals surface area contributed by atoms with E-state index < -0.39 is 11.6 Å². The molecule has 1 unspecified atom stereocenters. The number of likely N-dealkylation sites (tertiary alicyclic amines) is 1. The van der Waals surface area contributed by atoms with Gasteiger partial charge < -0.3 is 19.1 Å². The molecule has 1 saturated heterocycles. The average Bonchev–Trinajstić information content (AvgIpc) is 3.03. The fourth-order valence-electron chi connectivity index (χ4n) is 2.65. The summed E-state index contributed by atoms with van der Waals surface area (Å²) in [6.45, 7) is 8.80. The van der Waals surface area contributed by atoms with E-state index in [1.54, 1.807) is 17.0 Å². The summed E-state index contributed by atoms with van der Waals surface area (Å²) in [5.74, 6) is 0.312. The number of nitrogens with zero attached hydrogens (tertiary/aromatic N) is 2. The minimum absolute atomic E-state index is 0.0850. The third kappa shape index (κ3) is 5.34. The van der Waals surface area contributed by atoms with Gasteiger partial charge in [0.1, 0.15) is 23.1 Å². The number of carbonyl (C=O) groups is 2. The molecule has 2 heterocycles. The third-order valence-corrected chi connectivity index (χ3v) is 3.99. The largest absolute Gasteiger partial charge is 0.489 e. The van der Waals surface area contributed by atoms with Gasteiger partial charge in [0.15, 0.2) is 0 Å². The van der Waals surface area contributed by atoms with Gasteiger partial charge in [-0.25, -0.2) is 14.6 Å². The number of hydrogen-bond acceptors (Lipinski definition) is 6. The molecule has 0 aromatic carbocycles. The molecule has 7 nitrogen and oxygen atoms in total. The molecule has 0 aliphatic carbocycles. The summed E-state index contributed by atoms with van der Waals surface area (Å²) in [4.78, 5) is 29.3. The van der Waals surface area contributed by atoms with E-state index >= 15 is 0 Å². The Morgan fingerprint density at radius 3 is 2.60 bits per heavy atom. The predicted octanol–water partition coefficient (Wildman–Crippen LogP) is 2.89. The van der Waals surface area contributed by atoms with Crippen molar-refractivity contribution in [2.24, 2.45) is 5.92 Å². The highest BCUT2D eigenvalue weighted by molar-refractivity contribution is 5.87. The maximum absolute atomic E-state index is 12.1. The van der Waals surface area contributed by atoms with Crippen LogP contribution < -0.4 is 4.74 Å². The van der Waals surface area contributed by atoms with Crippen molar-refractivity contribution < 1.29 is 23.8 Å². The quantitative estimate of drug-likeness (QED) is 0.777. The van der Waals surface area contributed by atoms with Crippen molar-refractivity contribution in [1.29, 1.82) is 0 Å². The van der Waals surface area contributed by atoms with Crippen LogP contribution in [0.25, 0.3) is 0 Å². The monoisotopic (exact) mass is 350 g/mol. The van der Waals surface area contributed by atoms with Crippen LogP contribution in [0.4, 0.5) is 4.79 Å². The van der Waals surface area contributed by atoms with Gasteiger partial charge in [0.2, 0.25) is 0 Å². The molecule has 0 bridgehead atoms. The molecule has 2 atom stereocenters. The summed E-state index contributed by atoms with van der Waals surface area (Å²) in [6.07, 6.45) is 1.99. The first-order chi connectivity index (χ1) is 11.7. The summed E-state index contributed by atoms with van der Waals surface area (Å²) in [5, 5.41) is 0. The number of ether oxygens (including phenoxy) is 3. The number of rotatable bonds is 4. The molecule has 1 aliphatic rings. The van der Waals surface area contributed by atoms with Crippen LogP contribution in [-0.2, 0) is 9.47 Å². The van der Waals surface area contributed by atoms with Crippen LogP contribution >= 0.6 is 0 Å². The predicted molar refractivity (Wildman–Crippen MR) is 91.6 cm³/mol. The molecule has 0 saturated carbocycles. The molecule has 1 fully saturated rings. The Morgan fingerprint density at radius 1 is 1.32 bits per heavy atom. The molecule has 1 amide bonds. The summed E-state index contributed by atoms with van der Waals surface area (Å²) in [6, 6.07) is 3.26. The van der Waals surface area contributed by atoms with Crippen LogP contribution in [0.3, 0.4) is 0 Å². The van der Waals surface area contributed by atoms with Gasteiger partial charge in [-0.15, -0.1) is 0 Å². The lowest BCUT2D eigenvalue weighted by Gasteiger charge is -2.25. The van der Waals surface area contributed by atoms with Gasteiger partial charge in [0.25, 0.3) is 0 Å². The second kappa shape index (κ2) is 7.72. The highest BCUT2D eigenvalue weighted by Gasteiger charge is 2.33. The Labute approximate surface area is 148 Å². The van der Waals surface area contributed by atoms with Gasteiger partial charge in [0, 0.05) is 19.0 Å². The molecule has 0 N–H and O–H groups in total. The summed E-state index contributed by atoms with van der Waals surface area (Å²) < 4.78 is 15.9. The van der Waals surface area contributed by atoms with Crippen LogP contribution in [0.1, 0.15) is 44.6 Å². The number of methoxy groups -OCH3 is 1. The Morgan fingerprint density at radius 2 is 2.04 bits per heavy atom. The summed E-state index contributed by atoms with van der Waals surface area (Å²) >= 11 is 0. The number of pyridine rings is 1. The maximum Gasteiger partial charge on any atom is 0.410 e. The van der Waals surface area contributed by atoms with Crippen molar-refractivity contribution in [3.63, 3.8) is 0 Å². The molecule has 2 rings (SSSR count). The molecule has 25 heavy (non-hydrogen) atoms. The van der Waals surface area contributed by atoms with Crippen molar-refractivity contribution in [2.45, 2.75) is 45.8 Å². The van der Waals surface area contributed by atoms with E-state index in [0.29, 0.717) is 18.8 Å². The smallest absolute Gasteiger partial charge is 0.410 e. The lowest BCUT2D eigenvalue weighted by molar-refractivity contribution is 0.0276. The zero-order valence-corrected chi connectivity index (χ0v) is 15.4. The zero-order chi connectivity index (χ0) is 18.6. The van der Waals surface area contributed by atoms with Gasteiger partial charge >= 0.3 is 12.1 Å². The Balaban J connectivity index is 1.88. The third-order valence-electron chi connectivity index (χ3n) is 3.99. The molecular formula is C18H26N2O5. The molecule has 1 aromatic heterocycles. The number of hydrogen-bond donors (Lipinski definition) is 0. The first kappa shape index (κ1) is 19.0. The van der Waals surface area contributed by atoms with Crippen molar-refractivity contribution in [3.8, 4) is 5.75 Å². The first-order valence-corrected chi connectivity index (χ1v) is 8.38. The second-order valence-electron chi connectivity index (χ2n) is 7.17. The highest BCUT2D eigenvalue weighted by atomic mass is 16.6. The van der Waals surface area contributed by atoms with Crippen LogP contribution in [0.2, 0.25) is 0 Å². The average molecular weight is 350 g/mol.